The Balaban J connectivity index is 1.85. The molecule has 0 aliphatic heterocycles. The number of hydrogen-bond donors (Lipinski definition) is 2. The quantitative estimate of drug-likeness (QED) is 0.595. The maximum atomic E-state index is 5.75. The minimum absolute atomic E-state index is 0.568. The predicted octanol–water partition coefficient (Wildman–Crippen LogP) is 1.64. The molecule has 3 N–H and O–H groups in total. The Bertz CT molecular complexity index is 385. The average molecular weight is 217 g/mol. The van der Waals surface area contributed by atoms with Crippen molar-refractivity contribution in [1.29, 1.82) is 0 Å². The number of fused-ring (bicyclic) bond motifs is 1. The van der Waals surface area contributed by atoms with Crippen molar-refractivity contribution >= 4 is 5.96 Å². The summed E-state index contributed by atoms with van der Waals surface area (Å²) in [6, 6.07) is 8.56. The average Bonchev–Trinajstić information content (AvgIpc) is 2.27. The van der Waals surface area contributed by atoms with Crippen LogP contribution in [0.5, 0.6) is 0 Å². The number of nitrogens with one attached hydrogen (secondary N) is 1. The summed E-state index contributed by atoms with van der Waals surface area (Å²) in [4.78, 5) is 4.37. The van der Waals surface area contributed by atoms with E-state index in [9.17, 15) is 0 Å². The monoisotopic (exact) mass is 217 g/mol. The van der Waals surface area contributed by atoms with Gasteiger partial charge >= 0.3 is 0 Å². The highest BCUT2D eigenvalue weighted by atomic mass is 15.1. The van der Waals surface area contributed by atoms with Crippen molar-refractivity contribution in [1.82, 2.24) is 5.32 Å². The molecule has 1 unspecified atom stereocenters. The van der Waals surface area contributed by atoms with Gasteiger partial charge in [-0.15, -0.1) is 0 Å². The van der Waals surface area contributed by atoms with E-state index in [1.165, 1.54) is 11.1 Å². The summed E-state index contributed by atoms with van der Waals surface area (Å²) in [6.45, 7) is 3.82. The Morgan fingerprint density at radius 2 is 2.31 bits per heavy atom. The highest BCUT2D eigenvalue weighted by molar-refractivity contribution is 5.77. The lowest BCUT2D eigenvalue weighted by Crippen LogP contribution is -2.33. The summed E-state index contributed by atoms with van der Waals surface area (Å²) in [5.74, 6) is 1.14. The topological polar surface area (TPSA) is 50.4 Å². The van der Waals surface area contributed by atoms with Crippen LogP contribution in [0, 0.1) is 0 Å². The molecule has 1 aliphatic rings. The van der Waals surface area contributed by atoms with Crippen molar-refractivity contribution in [2.45, 2.75) is 25.7 Å². The fourth-order valence-corrected chi connectivity index (χ4v) is 2.04. The number of hydrogen-bond acceptors (Lipinski definition) is 1. The highest BCUT2D eigenvalue weighted by Gasteiger charge is 2.24. The molecule has 1 aromatic carbocycles. The van der Waals surface area contributed by atoms with Gasteiger partial charge in [-0.1, -0.05) is 31.2 Å². The number of nitrogens with two attached hydrogens (primary N) is 1. The second-order valence-corrected chi connectivity index (χ2v) is 4.25. The van der Waals surface area contributed by atoms with Crippen LogP contribution in [0.1, 0.15) is 30.4 Å². The van der Waals surface area contributed by atoms with E-state index in [2.05, 4.69) is 41.5 Å². The Hall–Kier alpha value is -1.51. The minimum atomic E-state index is 0.568. The molecule has 16 heavy (non-hydrogen) atoms. The fraction of sp³-hybridized carbons (Fsp3) is 0.462. The molecule has 1 aromatic rings. The van der Waals surface area contributed by atoms with Crippen LogP contribution >= 0.6 is 0 Å². The van der Waals surface area contributed by atoms with Crippen LogP contribution in [0.3, 0.4) is 0 Å². The van der Waals surface area contributed by atoms with E-state index < -0.39 is 0 Å². The zero-order valence-corrected chi connectivity index (χ0v) is 9.74. The van der Waals surface area contributed by atoms with E-state index in [0.717, 1.165) is 25.9 Å². The lowest BCUT2D eigenvalue weighted by Gasteiger charge is -2.28. The Morgan fingerprint density at radius 1 is 1.50 bits per heavy atom. The smallest absolute Gasteiger partial charge is 0.188 e. The van der Waals surface area contributed by atoms with Gasteiger partial charge in [0.25, 0.3) is 0 Å². The van der Waals surface area contributed by atoms with Crippen molar-refractivity contribution in [3.05, 3.63) is 35.4 Å². The lowest BCUT2D eigenvalue weighted by molar-refractivity contribution is 0.617. The summed E-state index contributed by atoms with van der Waals surface area (Å²) >= 11 is 0. The summed E-state index contributed by atoms with van der Waals surface area (Å²) in [7, 11) is 0. The summed E-state index contributed by atoms with van der Waals surface area (Å²) < 4.78 is 0. The van der Waals surface area contributed by atoms with Gasteiger partial charge in [0.2, 0.25) is 0 Å². The van der Waals surface area contributed by atoms with E-state index >= 15 is 0 Å². The van der Waals surface area contributed by atoms with Gasteiger partial charge in [0.15, 0.2) is 5.96 Å². The molecule has 0 aromatic heterocycles. The van der Waals surface area contributed by atoms with E-state index in [1.807, 2.05) is 0 Å². The molecule has 0 fully saturated rings. The van der Waals surface area contributed by atoms with E-state index in [0.29, 0.717) is 11.9 Å². The van der Waals surface area contributed by atoms with Gasteiger partial charge < -0.3 is 11.1 Å². The first-order chi connectivity index (χ1) is 7.81. The summed E-state index contributed by atoms with van der Waals surface area (Å²) in [5, 5.41) is 3.09. The van der Waals surface area contributed by atoms with Gasteiger partial charge in [0, 0.05) is 19.0 Å². The molecule has 0 bridgehead atoms. The van der Waals surface area contributed by atoms with Gasteiger partial charge in [0.1, 0.15) is 0 Å². The van der Waals surface area contributed by atoms with Gasteiger partial charge in [-0.2, -0.15) is 0 Å². The van der Waals surface area contributed by atoms with Crippen LogP contribution in [-0.2, 0) is 6.42 Å². The van der Waals surface area contributed by atoms with Crippen LogP contribution in [0.2, 0.25) is 0 Å². The second-order valence-electron chi connectivity index (χ2n) is 4.25. The van der Waals surface area contributed by atoms with Gasteiger partial charge in [-0.25, -0.2) is 0 Å². The number of nitrogens with zero attached hydrogens (tertiary/aromatic N) is 1. The maximum absolute atomic E-state index is 5.75. The Morgan fingerprint density at radius 3 is 3.06 bits per heavy atom. The number of guanidine groups is 1. The molecule has 86 valence electrons. The first-order valence-electron chi connectivity index (χ1n) is 5.93. The normalized spacial score (nSPS) is 18.8. The predicted molar refractivity (Wildman–Crippen MR) is 67.7 cm³/mol. The molecule has 0 amide bonds. The van der Waals surface area contributed by atoms with Crippen molar-refractivity contribution in [3.8, 4) is 0 Å². The fourth-order valence-electron chi connectivity index (χ4n) is 2.04. The molecule has 3 heteroatoms. The maximum Gasteiger partial charge on any atom is 0.188 e. The molecule has 0 saturated carbocycles. The molecular formula is C13H19N3. The summed E-state index contributed by atoms with van der Waals surface area (Å²) in [5.41, 5.74) is 8.65. The SMILES string of the molecule is CCCNC(N)=NCC1Cc2ccccc21. The molecule has 0 saturated heterocycles. The third-order valence-corrected chi connectivity index (χ3v) is 3.00. The van der Waals surface area contributed by atoms with Crippen LogP contribution in [0.4, 0.5) is 0 Å². The third kappa shape index (κ3) is 2.35. The lowest BCUT2D eigenvalue weighted by atomic mass is 9.78. The molecule has 2 rings (SSSR count). The van der Waals surface area contributed by atoms with E-state index in [4.69, 9.17) is 5.73 Å². The second kappa shape index (κ2) is 5.01. The zero-order chi connectivity index (χ0) is 11.4. The number of rotatable bonds is 4. The number of benzene rings is 1. The molecule has 0 spiro atoms. The first kappa shape index (κ1) is 11.0. The molecule has 0 heterocycles. The van der Waals surface area contributed by atoms with Crippen molar-refractivity contribution < 1.29 is 0 Å². The van der Waals surface area contributed by atoms with Crippen LogP contribution in [-0.4, -0.2) is 19.0 Å². The largest absolute Gasteiger partial charge is 0.370 e. The zero-order valence-electron chi connectivity index (χ0n) is 9.74. The van der Waals surface area contributed by atoms with Crippen LogP contribution < -0.4 is 11.1 Å². The minimum Gasteiger partial charge on any atom is -0.370 e. The highest BCUT2D eigenvalue weighted by Crippen LogP contribution is 2.34. The van der Waals surface area contributed by atoms with Gasteiger partial charge in [0.05, 0.1) is 0 Å². The molecule has 1 aliphatic carbocycles. The number of aliphatic imine (C=N–C) groups is 1. The standard InChI is InChI=1S/C13H19N3/c1-2-7-15-13(14)16-9-11-8-10-5-3-4-6-12(10)11/h3-6,11H,2,7-9H2,1H3,(H3,14,15,16). The molecular weight excluding hydrogens is 198 g/mol. The third-order valence-electron chi connectivity index (χ3n) is 3.00. The van der Waals surface area contributed by atoms with Crippen LogP contribution in [0.15, 0.2) is 29.3 Å². The van der Waals surface area contributed by atoms with E-state index in [-0.39, 0.29) is 0 Å². The Kier molecular flexibility index (Phi) is 3.44. The van der Waals surface area contributed by atoms with Crippen molar-refractivity contribution in [2.24, 2.45) is 10.7 Å². The van der Waals surface area contributed by atoms with Gasteiger partial charge in [-0.3, -0.25) is 4.99 Å². The summed E-state index contributed by atoms with van der Waals surface area (Å²) in [6.07, 6.45) is 2.21. The van der Waals surface area contributed by atoms with Crippen molar-refractivity contribution in [3.63, 3.8) is 0 Å². The first-order valence-corrected chi connectivity index (χ1v) is 5.93. The molecule has 0 radical (unpaired) electrons. The van der Waals surface area contributed by atoms with E-state index in [1.54, 1.807) is 0 Å². The molecule has 3 nitrogen and oxygen atoms in total. The van der Waals surface area contributed by atoms with Crippen molar-refractivity contribution in [2.75, 3.05) is 13.1 Å². The van der Waals surface area contributed by atoms with Gasteiger partial charge in [-0.05, 0) is 24.0 Å². The van der Waals surface area contributed by atoms with Crippen LogP contribution in [0.25, 0.3) is 0 Å². The Labute approximate surface area is 96.8 Å². The molecule has 1 atom stereocenters.